The van der Waals surface area contributed by atoms with Gasteiger partial charge in [0.1, 0.15) is 6.73 Å². The van der Waals surface area contributed by atoms with Gasteiger partial charge in [-0.1, -0.05) is 6.07 Å². The first-order valence-electron chi connectivity index (χ1n) is 3.14. The van der Waals surface area contributed by atoms with Crippen LogP contribution in [0.4, 0.5) is 0 Å². The van der Waals surface area contributed by atoms with Crippen molar-refractivity contribution in [3.05, 3.63) is 34.2 Å². The third-order valence-corrected chi connectivity index (χ3v) is 1.61. The molecule has 3 heteroatoms. The fraction of sp³-hybridized carbons (Fsp3) is 0.286. The summed E-state index contributed by atoms with van der Waals surface area (Å²) in [7, 11) is 0. The van der Waals surface area contributed by atoms with Crippen LogP contribution in [0.2, 0.25) is 0 Å². The number of hydrogen-bond acceptors (Lipinski definition) is 2. The maximum absolute atomic E-state index is 11.0. The van der Waals surface area contributed by atoms with Gasteiger partial charge in [0.05, 0.1) is 6.61 Å². The topological polar surface area (TPSA) is 31.2 Å². The molecule has 0 radical (unpaired) electrons. The number of hydrogen-bond donors (Lipinski definition) is 0. The average molecular weight is 137 g/mol. The van der Waals surface area contributed by atoms with E-state index in [-0.39, 0.29) is 5.56 Å². The van der Waals surface area contributed by atoms with Crippen LogP contribution >= 0.6 is 0 Å². The Morgan fingerprint density at radius 1 is 1.50 bits per heavy atom. The third kappa shape index (κ3) is 0.675. The van der Waals surface area contributed by atoms with Gasteiger partial charge in [-0.2, -0.15) is 0 Å². The molecular formula is C7H7NO2. The van der Waals surface area contributed by atoms with E-state index in [0.29, 0.717) is 13.3 Å². The van der Waals surface area contributed by atoms with Crippen LogP contribution in [0.25, 0.3) is 0 Å². The van der Waals surface area contributed by atoms with E-state index in [1.54, 1.807) is 10.6 Å². The predicted octanol–water partition coefficient (Wildman–Crippen LogP) is 0.336. The van der Waals surface area contributed by atoms with E-state index < -0.39 is 0 Å². The Labute approximate surface area is 57.9 Å². The molecule has 10 heavy (non-hydrogen) atoms. The molecule has 52 valence electrons. The van der Waals surface area contributed by atoms with E-state index in [9.17, 15) is 4.79 Å². The Morgan fingerprint density at radius 3 is 3.20 bits per heavy atom. The first-order valence-corrected chi connectivity index (χ1v) is 3.14. The van der Waals surface area contributed by atoms with E-state index >= 15 is 0 Å². The molecule has 1 aromatic heterocycles. The second-order valence-electron chi connectivity index (χ2n) is 2.26. The third-order valence-electron chi connectivity index (χ3n) is 1.61. The zero-order valence-electron chi connectivity index (χ0n) is 5.41. The van der Waals surface area contributed by atoms with Gasteiger partial charge in [0.15, 0.2) is 0 Å². The summed E-state index contributed by atoms with van der Waals surface area (Å²) in [6.07, 6.45) is 0. The molecule has 0 saturated carbocycles. The van der Waals surface area contributed by atoms with Crippen LogP contribution in [0.3, 0.4) is 0 Å². The van der Waals surface area contributed by atoms with Crippen LogP contribution in [0.1, 0.15) is 5.69 Å². The van der Waals surface area contributed by atoms with Crippen LogP contribution in [0, 0.1) is 0 Å². The molecule has 0 N–H and O–H groups in total. The van der Waals surface area contributed by atoms with Crippen molar-refractivity contribution in [2.24, 2.45) is 0 Å². The lowest BCUT2D eigenvalue weighted by Crippen LogP contribution is -2.17. The molecule has 0 aliphatic carbocycles. The van der Waals surface area contributed by atoms with Crippen LogP contribution in [-0.4, -0.2) is 4.57 Å². The van der Waals surface area contributed by atoms with Gasteiger partial charge in [-0.25, -0.2) is 0 Å². The standard InChI is InChI=1S/C7H7NO2/c9-7-3-1-2-6-4-10-5-8(6)7/h1-3H,4-5H2. The Balaban J connectivity index is 2.70. The summed E-state index contributed by atoms with van der Waals surface area (Å²) in [5.41, 5.74) is 0.988. The van der Waals surface area contributed by atoms with Crippen molar-refractivity contribution in [2.45, 2.75) is 13.3 Å². The van der Waals surface area contributed by atoms with Crippen molar-refractivity contribution in [3.63, 3.8) is 0 Å². The highest BCUT2D eigenvalue weighted by Crippen LogP contribution is 2.06. The summed E-state index contributed by atoms with van der Waals surface area (Å²) in [6, 6.07) is 5.19. The minimum absolute atomic E-state index is 0.0231. The molecule has 1 aliphatic rings. The van der Waals surface area contributed by atoms with Crippen molar-refractivity contribution in [2.75, 3.05) is 0 Å². The van der Waals surface area contributed by atoms with Gasteiger partial charge < -0.3 is 4.74 Å². The van der Waals surface area contributed by atoms with Gasteiger partial charge in [-0.15, -0.1) is 0 Å². The molecule has 3 nitrogen and oxygen atoms in total. The SMILES string of the molecule is O=c1cccc2n1COC2. The number of aromatic nitrogens is 1. The normalized spacial score (nSPS) is 15.2. The van der Waals surface area contributed by atoms with Gasteiger partial charge in [0, 0.05) is 11.8 Å². The summed E-state index contributed by atoms with van der Waals surface area (Å²) >= 11 is 0. The van der Waals surface area contributed by atoms with Gasteiger partial charge in [0.2, 0.25) is 0 Å². The van der Waals surface area contributed by atoms with E-state index in [2.05, 4.69) is 0 Å². The molecule has 1 aromatic rings. The summed E-state index contributed by atoms with van der Waals surface area (Å²) < 4.78 is 6.68. The molecule has 2 rings (SSSR count). The van der Waals surface area contributed by atoms with E-state index in [0.717, 1.165) is 5.69 Å². The number of rotatable bonds is 0. The highest BCUT2D eigenvalue weighted by atomic mass is 16.5. The van der Waals surface area contributed by atoms with Crippen molar-refractivity contribution in [1.29, 1.82) is 0 Å². The zero-order valence-corrected chi connectivity index (χ0v) is 5.41. The maximum atomic E-state index is 11.0. The second-order valence-corrected chi connectivity index (χ2v) is 2.26. The fourth-order valence-electron chi connectivity index (χ4n) is 1.08. The maximum Gasteiger partial charge on any atom is 0.252 e. The Morgan fingerprint density at radius 2 is 2.40 bits per heavy atom. The Kier molecular flexibility index (Phi) is 1.11. The fourth-order valence-corrected chi connectivity index (χ4v) is 1.08. The Hall–Kier alpha value is -1.09. The molecular weight excluding hydrogens is 130 g/mol. The van der Waals surface area contributed by atoms with Gasteiger partial charge in [0.25, 0.3) is 5.56 Å². The summed E-state index contributed by atoms with van der Waals surface area (Å²) in [5, 5.41) is 0. The van der Waals surface area contributed by atoms with Crippen molar-refractivity contribution in [3.8, 4) is 0 Å². The summed E-state index contributed by atoms with van der Waals surface area (Å²) in [4.78, 5) is 11.0. The van der Waals surface area contributed by atoms with Crippen molar-refractivity contribution < 1.29 is 4.74 Å². The zero-order chi connectivity index (χ0) is 6.97. The van der Waals surface area contributed by atoms with Crippen molar-refractivity contribution in [1.82, 2.24) is 4.57 Å². The molecule has 0 bridgehead atoms. The first kappa shape index (κ1) is 5.68. The van der Waals surface area contributed by atoms with Gasteiger partial charge in [-0.3, -0.25) is 9.36 Å². The first-order chi connectivity index (χ1) is 4.88. The lowest BCUT2D eigenvalue weighted by atomic mass is 10.4. The van der Waals surface area contributed by atoms with Gasteiger partial charge in [-0.05, 0) is 6.07 Å². The molecule has 0 fully saturated rings. The number of nitrogens with zero attached hydrogens (tertiary/aromatic N) is 1. The average Bonchev–Trinajstić information content (AvgIpc) is 2.36. The lowest BCUT2D eigenvalue weighted by molar-refractivity contribution is 0.108. The molecule has 0 spiro atoms. The lowest BCUT2D eigenvalue weighted by Gasteiger charge is -1.95. The number of ether oxygens (including phenoxy) is 1. The monoisotopic (exact) mass is 137 g/mol. The highest BCUT2D eigenvalue weighted by Gasteiger charge is 2.09. The van der Waals surface area contributed by atoms with Crippen molar-refractivity contribution >= 4 is 0 Å². The summed E-state index contributed by atoms with van der Waals surface area (Å²) in [5.74, 6) is 0. The molecule has 2 heterocycles. The minimum Gasteiger partial charge on any atom is -0.354 e. The quantitative estimate of drug-likeness (QED) is 0.516. The molecule has 0 atom stereocenters. The van der Waals surface area contributed by atoms with Crippen LogP contribution < -0.4 is 5.56 Å². The van der Waals surface area contributed by atoms with E-state index in [1.807, 2.05) is 6.07 Å². The van der Waals surface area contributed by atoms with Crippen LogP contribution in [-0.2, 0) is 18.1 Å². The summed E-state index contributed by atoms with van der Waals surface area (Å²) in [6.45, 7) is 0.977. The van der Waals surface area contributed by atoms with Crippen LogP contribution in [0.5, 0.6) is 0 Å². The number of fused-ring (bicyclic) bond motifs is 1. The smallest absolute Gasteiger partial charge is 0.252 e. The molecule has 1 aliphatic heterocycles. The minimum atomic E-state index is 0.0231. The number of pyridine rings is 1. The van der Waals surface area contributed by atoms with E-state index in [4.69, 9.17) is 4.74 Å². The molecule has 0 amide bonds. The highest BCUT2D eigenvalue weighted by molar-refractivity contribution is 5.06. The van der Waals surface area contributed by atoms with Crippen LogP contribution in [0.15, 0.2) is 23.0 Å². The Bertz CT molecular complexity index is 303. The predicted molar refractivity (Wildman–Crippen MR) is 35.5 cm³/mol. The second kappa shape index (κ2) is 1.95. The molecule has 0 unspecified atom stereocenters. The van der Waals surface area contributed by atoms with Gasteiger partial charge >= 0.3 is 0 Å². The molecule has 0 saturated heterocycles. The largest absolute Gasteiger partial charge is 0.354 e. The molecule has 0 aromatic carbocycles. The van der Waals surface area contributed by atoms with E-state index in [1.165, 1.54) is 6.07 Å².